The third kappa shape index (κ3) is 2.79. The fourth-order valence-corrected chi connectivity index (χ4v) is 2.17. The Hall–Kier alpha value is -1.61. The summed E-state index contributed by atoms with van der Waals surface area (Å²) in [6.07, 6.45) is 6.18. The molecule has 2 rings (SSSR count). The molecule has 1 heterocycles. The van der Waals surface area contributed by atoms with Gasteiger partial charge < -0.3 is 10.6 Å². The quantitative estimate of drug-likeness (QED) is 0.826. The molecule has 1 atom stereocenters. The Morgan fingerprint density at radius 3 is 3.06 bits per heavy atom. The second-order valence-corrected chi connectivity index (χ2v) is 4.67. The van der Waals surface area contributed by atoms with E-state index in [1.54, 1.807) is 6.08 Å². The van der Waals surface area contributed by atoms with Gasteiger partial charge in [0.15, 0.2) is 0 Å². The monoisotopic (exact) mass is 244 g/mol. The predicted molar refractivity (Wildman–Crippen MR) is 74.5 cm³/mol. The number of nitrogens with zero attached hydrogens (tertiary/aromatic N) is 1. The smallest absolute Gasteiger partial charge is 0.250 e. The van der Waals surface area contributed by atoms with Gasteiger partial charge in [-0.3, -0.25) is 4.79 Å². The number of hydrogen-bond donors (Lipinski definition) is 1. The van der Waals surface area contributed by atoms with E-state index in [1.165, 1.54) is 5.56 Å². The molecule has 0 spiro atoms. The van der Waals surface area contributed by atoms with Crippen LogP contribution in [0.3, 0.4) is 0 Å². The van der Waals surface area contributed by atoms with Crippen molar-refractivity contribution in [1.82, 2.24) is 0 Å². The molecule has 0 saturated carbocycles. The van der Waals surface area contributed by atoms with Crippen LogP contribution in [0.2, 0.25) is 0 Å². The first-order chi connectivity index (χ1) is 8.72. The second kappa shape index (κ2) is 5.83. The van der Waals surface area contributed by atoms with Crippen LogP contribution in [-0.4, -0.2) is 18.5 Å². The van der Waals surface area contributed by atoms with E-state index >= 15 is 0 Å². The molecule has 2 N–H and O–H groups in total. The summed E-state index contributed by atoms with van der Waals surface area (Å²) in [5.74, 6) is 0.0586. The van der Waals surface area contributed by atoms with Gasteiger partial charge in [-0.1, -0.05) is 31.2 Å². The molecule has 96 valence electrons. The number of amides is 1. The summed E-state index contributed by atoms with van der Waals surface area (Å²) in [5, 5.41) is 0. The number of carbonyl (C=O) groups is 1. The topological polar surface area (TPSA) is 46.3 Å². The van der Waals surface area contributed by atoms with Crippen molar-refractivity contribution >= 4 is 11.6 Å². The zero-order valence-electron chi connectivity index (χ0n) is 10.8. The first-order valence-electron chi connectivity index (χ1n) is 6.54. The van der Waals surface area contributed by atoms with Crippen LogP contribution in [0.15, 0.2) is 36.4 Å². The van der Waals surface area contributed by atoms with Gasteiger partial charge in [0.25, 0.3) is 5.91 Å². The average molecular weight is 244 g/mol. The summed E-state index contributed by atoms with van der Waals surface area (Å²) in [6, 6.07) is 8.23. The standard InChI is InChI=1S/C15H20N2O/c1-2-13(16)7-5-9-15(18)17-11-10-12-6-3-4-8-14(12)17/h3-6,8-9,13H,2,7,10-11,16H2,1H3/b9-5+. The van der Waals surface area contributed by atoms with Crippen molar-refractivity contribution in [3.05, 3.63) is 42.0 Å². The third-order valence-corrected chi connectivity index (χ3v) is 3.38. The summed E-state index contributed by atoms with van der Waals surface area (Å²) >= 11 is 0. The van der Waals surface area contributed by atoms with E-state index < -0.39 is 0 Å². The summed E-state index contributed by atoms with van der Waals surface area (Å²) in [6.45, 7) is 2.83. The Kier molecular flexibility index (Phi) is 4.15. The maximum absolute atomic E-state index is 12.1. The van der Waals surface area contributed by atoms with Gasteiger partial charge in [-0.25, -0.2) is 0 Å². The number of anilines is 1. The Balaban J connectivity index is 1.99. The van der Waals surface area contributed by atoms with Crippen molar-refractivity contribution in [1.29, 1.82) is 0 Å². The van der Waals surface area contributed by atoms with Gasteiger partial charge >= 0.3 is 0 Å². The van der Waals surface area contributed by atoms with Crippen molar-refractivity contribution in [3.8, 4) is 0 Å². The molecule has 0 fully saturated rings. The van der Waals surface area contributed by atoms with Gasteiger partial charge in [0.1, 0.15) is 0 Å². The fraction of sp³-hybridized carbons (Fsp3) is 0.400. The van der Waals surface area contributed by atoms with Crippen molar-refractivity contribution in [2.75, 3.05) is 11.4 Å². The first-order valence-corrected chi connectivity index (χ1v) is 6.54. The summed E-state index contributed by atoms with van der Waals surface area (Å²) in [4.78, 5) is 13.9. The molecule has 1 aromatic rings. The molecular weight excluding hydrogens is 224 g/mol. The van der Waals surface area contributed by atoms with E-state index in [4.69, 9.17) is 5.73 Å². The molecule has 0 saturated heterocycles. The van der Waals surface area contributed by atoms with Crippen molar-refractivity contribution in [2.45, 2.75) is 32.2 Å². The Labute approximate surface area is 108 Å². The molecule has 1 amide bonds. The van der Waals surface area contributed by atoms with Crippen molar-refractivity contribution in [3.63, 3.8) is 0 Å². The lowest BCUT2D eigenvalue weighted by Gasteiger charge is -2.14. The maximum Gasteiger partial charge on any atom is 0.250 e. The lowest BCUT2D eigenvalue weighted by atomic mass is 10.1. The molecule has 1 aliphatic heterocycles. The zero-order chi connectivity index (χ0) is 13.0. The van der Waals surface area contributed by atoms with Gasteiger partial charge in [-0.05, 0) is 37.0 Å². The molecule has 3 heteroatoms. The molecule has 0 bridgehead atoms. The van der Waals surface area contributed by atoms with Crippen LogP contribution in [-0.2, 0) is 11.2 Å². The largest absolute Gasteiger partial charge is 0.327 e. The van der Waals surface area contributed by atoms with Gasteiger partial charge in [-0.15, -0.1) is 0 Å². The molecule has 1 aromatic carbocycles. The number of para-hydroxylation sites is 1. The molecule has 1 aliphatic rings. The first kappa shape index (κ1) is 12.8. The van der Waals surface area contributed by atoms with E-state index in [0.717, 1.165) is 31.5 Å². The van der Waals surface area contributed by atoms with E-state index in [9.17, 15) is 4.79 Å². The number of rotatable bonds is 4. The summed E-state index contributed by atoms with van der Waals surface area (Å²) in [7, 11) is 0. The number of nitrogens with two attached hydrogens (primary N) is 1. The molecule has 0 aromatic heterocycles. The normalized spacial score (nSPS) is 16.0. The summed E-state index contributed by atoms with van der Waals surface area (Å²) < 4.78 is 0. The van der Waals surface area contributed by atoms with Crippen LogP contribution in [0, 0.1) is 0 Å². The number of hydrogen-bond acceptors (Lipinski definition) is 2. The Morgan fingerprint density at radius 1 is 1.50 bits per heavy atom. The maximum atomic E-state index is 12.1. The van der Waals surface area contributed by atoms with Crippen LogP contribution >= 0.6 is 0 Å². The Morgan fingerprint density at radius 2 is 2.28 bits per heavy atom. The highest BCUT2D eigenvalue weighted by atomic mass is 16.2. The molecule has 0 radical (unpaired) electrons. The minimum atomic E-state index is 0.0586. The number of carbonyl (C=O) groups excluding carboxylic acids is 1. The number of benzene rings is 1. The van der Waals surface area contributed by atoms with Gasteiger partial charge in [-0.2, -0.15) is 0 Å². The van der Waals surface area contributed by atoms with Gasteiger partial charge in [0.2, 0.25) is 0 Å². The van der Waals surface area contributed by atoms with Gasteiger partial charge in [0.05, 0.1) is 0 Å². The van der Waals surface area contributed by atoms with Crippen LogP contribution in [0.25, 0.3) is 0 Å². The SMILES string of the molecule is CCC(N)C/C=C/C(=O)N1CCc2ccccc21. The number of fused-ring (bicyclic) bond motifs is 1. The molecule has 0 aliphatic carbocycles. The highest BCUT2D eigenvalue weighted by Gasteiger charge is 2.22. The van der Waals surface area contributed by atoms with Crippen molar-refractivity contribution in [2.24, 2.45) is 5.73 Å². The lowest BCUT2D eigenvalue weighted by Crippen LogP contribution is -2.27. The van der Waals surface area contributed by atoms with Crippen molar-refractivity contribution < 1.29 is 4.79 Å². The average Bonchev–Trinajstić information content (AvgIpc) is 2.82. The zero-order valence-corrected chi connectivity index (χ0v) is 10.8. The van der Waals surface area contributed by atoms with E-state index in [-0.39, 0.29) is 11.9 Å². The highest BCUT2D eigenvalue weighted by Crippen LogP contribution is 2.27. The van der Waals surface area contributed by atoms with Crippen LogP contribution < -0.4 is 10.6 Å². The fourth-order valence-electron chi connectivity index (χ4n) is 2.17. The minimum absolute atomic E-state index is 0.0586. The van der Waals surface area contributed by atoms with Crippen LogP contribution in [0.5, 0.6) is 0 Å². The third-order valence-electron chi connectivity index (χ3n) is 3.38. The van der Waals surface area contributed by atoms with E-state index in [1.807, 2.05) is 29.2 Å². The molecule has 3 nitrogen and oxygen atoms in total. The van der Waals surface area contributed by atoms with E-state index in [2.05, 4.69) is 13.0 Å². The van der Waals surface area contributed by atoms with E-state index in [0.29, 0.717) is 0 Å². The van der Waals surface area contributed by atoms with Gasteiger partial charge in [0, 0.05) is 18.3 Å². The second-order valence-electron chi connectivity index (χ2n) is 4.67. The molecule has 1 unspecified atom stereocenters. The lowest BCUT2D eigenvalue weighted by molar-refractivity contribution is -0.114. The predicted octanol–water partition coefficient (Wildman–Crippen LogP) is 2.26. The Bertz CT molecular complexity index is 454. The minimum Gasteiger partial charge on any atom is -0.327 e. The van der Waals surface area contributed by atoms with Crippen LogP contribution in [0.4, 0.5) is 5.69 Å². The molecular formula is C15H20N2O. The van der Waals surface area contributed by atoms with Crippen LogP contribution in [0.1, 0.15) is 25.3 Å². The highest BCUT2D eigenvalue weighted by molar-refractivity contribution is 6.02. The summed E-state index contributed by atoms with van der Waals surface area (Å²) in [5.41, 5.74) is 8.12. The molecule has 18 heavy (non-hydrogen) atoms.